The maximum atomic E-state index is 13.6. The molecular weight excluding hydrogens is 241 g/mol. The number of halogens is 1. The minimum atomic E-state index is -0.220. The van der Waals surface area contributed by atoms with E-state index in [0.717, 1.165) is 36.9 Å². The number of hydrogen-bond donors (Lipinski definition) is 1. The summed E-state index contributed by atoms with van der Waals surface area (Å²) in [5.41, 5.74) is 8.73. The van der Waals surface area contributed by atoms with Crippen LogP contribution in [0.5, 0.6) is 0 Å². The van der Waals surface area contributed by atoms with Crippen LogP contribution < -0.4 is 5.73 Å². The zero-order valence-corrected chi connectivity index (χ0v) is 10.7. The fourth-order valence-electron chi connectivity index (χ4n) is 2.57. The minimum Gasteiger partial charge on any atom is -0.383 e. The van der Waals surface area contributed by atoms with Crippen LogP contribution >= 0.6 is 0 Å². The number of fused-ring (bicyclic) bond motifs is 1. The molecule has 0 aliphatic heterocycles. The number of benzene rings is 1. The quantitative estimate of drug-likeness (QED) is 0.899. The second-order valence-corrected chi connectivity index (χ2v) is 4.93. The van der Waals surface area contributed by atoms with E-state index in [1.807, 2.05) is 6.07 Å². The minimum absolute atomic E-state index is 0.220. The monoisotopic (exact) mass is 257 g/mol. The summed E-state index contributed by atoms with van der Waals surface area (Å²) in [7, 11) is 0. The maximum Gasteiger partial charge on any atom is 0.135 e. The Morgan fingerprint density at radius 3 is 2.74 bits per heavy atom. The first-order valence-electron chi connectivity index (χ1n) is 6.61. The summed E-state index contributed by atoms with van der Waals surface area (Å²) in [5.74, 6) is 0.960. The van der Waals surface area contributed by atoms with Crippen molar-refractivity contribution >= 4 is 5.82 Å². The number of nitrogens with two attached hydrogens (primary N) is 1. The third-order valence-electron chi connectivity index (χ3n) is 3.57. The van der Waals surface area contributed by atoms with Gasteiger partial charge in [-0.25, -0.2) is 14.4 Å². The van der Waals surface area contributed by atoms with E-state index in [0.29, 0.717) is 23.6 Å². The molecule has 0 saturated carbocycles. The van der Waals surface area contributed by atoms with E-state index in [-0.39, 0.29) is 5.82 Å². The average molecular weight is 257 g/mol. The number of hydrogen-bond acceptors (Lipinski definition) is 3. The Labute approximate surface area is 111 Å². The van der Waals surface area contributed by atoms with E-state index >= 15 is 0 Å². The number of anilines is 1. The fraction of sp³-hybridized carbons (Fsp3) is 0.333. The Balaban J connectivity index is 1.94. The van der Waals surface area contributed by atoms with Crippen molar-refractivity contribution in [3.63, 3.8) is 0 Å². The molecular formula is C15H16FN3. The van der Waals surface area contributed by atoms with Crippen LogP contribution in [-0.4, -0.2) is 9.97 Å². The predicted octanol–water partition coefficient (Wildman–Crippen LogP) is 2.67. The summed E-state index contributed by atoms with van der Waals surface area (Å²) in [4.78, 5) is 8.88. The molecule has 4 heteroatoms. The molecule has 3 rings (SSSR count). The zero-order chi connectivity index (χ0) is 13.2. The molecule has 0 spiro atoms. The van der Waals surface area contributed by atoms with Gasteiger partial charge >= 0.3 is 0 Å². The van der Waals surface area contributed by atoms with Gasteiger partial charge in [0.15, 0.2) is 0 Å². The van der Waals surface area contributed by atoms with Crippen molar-refractivity contribution in [1.82, 2.24) is 9.97 Å². The molecule has 1 aliphatic carbocycles. The van der Waals surface area contributed by atoms with Crippen LogP contribution in [0.2, 0.25) is 0 Å². The van der Waals surface area contributed by atoms with E-state index in [1.165, 1.54) is 6.07 Å². The Bertz CT molecular complexity index is 610. The zero-order valence-electron chi connectivity index (χ0n) is 10.7. The number of aromatic nitrogens is 2. The van der Waals surface area contributed by atoms with Gasteiger partial charge in [0.2, 0.25) is 0 Å². The summed E-state index contributed by atoms with van der Waals surface area (Å²) in [6, 6.07) is 6.71. The van der Waals surface area contributed by atoms with Gasteiger partial charge in [0.1, 0.15) is 17.5 Å². The molecule has 2 N–H and O–H groups in total. The molecule has 98 valence electrons. The summed E-state index contributed by atoms with van der Waals surface area (Å²) in [6.07, 6.45) is 4.59. The van der Waals surface area contributed by atoms with Gasteiger partial charge in [-0.3, -0.25) is 0 Å². The highest BCUT2D eigenvalue weighted by Gasteiger charge is 2.16. The van der Waals surface area contributed by atoms with Crippen molar-refractivity contribution in [3.05, 3.63) is 52.7 Å². The summed E-state index contributed by atoms with van der Waals surface area (Å²) >= 11 is 0. The molecule has 0 saturated heterocycles. The van der Waals surface area contributed by atoms with E-state index < -0.39 is 0 Å². The third-order valence-corrected chi connectivity index (χ3v) is 3.57. The van der Waals surface area contributed by atoms with Crippen molar-refractivity contribution in [2.45, 2.75) is 32.1 Å². The van der Waals surface area contributed by atoms with Crippen LogP contribution in [0.1, 0.15) is 35.5 Å². The third kappa shape index (κ3) is 2.43. The summed E-state index contributed by atoms with van der Waals surface area (Å²) in [6.45, 7) is 0. The fourth-order valence-corrected chi connectivity index (χ4v) is 2.57. The normalized spacial score (nSPS) is 14.2. The molecule has 0 unspecified atom stereocenters. The average Bonchev–Trinajstić information content (AvgIpc) is 2.42. The van der Waals surface area contributed by atoms with E-state index in [9.17, 15) is 4.39 Å². The van der Waals surface area contributed by atoms with Gasteiger partial charge in [0, 0.05) is 17.7 Å². The van der Waals surface area contributed by atoms with E-state index in [4.69, 9.17) is 5.73 Å². The summed E-state index contributed by atoms with van der Waals surface area (Å²) in [5, 5.41) is 0. The van der Waals surface area contributed by atoms with Crippen LogP contribution in [0.15, 0.2) is 24.3 Å². The number of rotatable bonds is 2. The topological polar surface area (TPSA) is 51.8 Å². The second kappa shape index (κ2) is 4.96. The lowest BCUT2D eigenvalue weighted by molar-refractivity contribution is 0.610. The van der Waals surface area contributed by atoms with Crippen molar-refractivity contribution in [2.75, 3.05) is 5.73 Å². The van der Waals surface area contributed by atoms with Gasteiger partial charge in [-0.1, -0.05) is 18.2 Å². The Morgan fingerprint density at radius 1 is 1.11 bits per heavy atom. The maximum absolute atomic E-state index is 13.6. The lowest BCUT2D eigenvalue weighted by atomic mass is 9.96. The van der Waals surface area contributed by atoms with Crippen LogP contribution in [0.3, 0.4) is 0 Å². The molecule has 0 fully saturated rings. The standard InChI is InChI=1S/C15H16FN3/c16-12-7-3-1-5-10(12)9-14-18-13-8-4-2-6-11(13)15(17)19-14/h1,3,5,7H,2,4,6,8-9H2,(H2,17,18,19). The van der Waals surface area contributed by atoms with Crippen LogP contribution in [-0.2, 0) is 19.3 Å². The van der Waals surface area contributed by atoms with Crippen LogP contribution in [0, 0.1) is 5.82 Å². The largest absolute Gasteiger partial charge is 0.383 e. The number of nitrogen functional groups attached to an aromatic ring is 1. The molecule has 0 atom stereocenters. The van der Waals surface area contributed by atoms with Crippen molar-refractivity contribution in [2.24, 2.45) is 0 Å². The van der Waals surface area contributed by atoms with Gasteiger partial charge in [0.05, 0.1) is 0 Å². The van der Waals surface area contributed by atoms with Gasteiger partial charge in [-0.15, -0.1) is 0 Å². The number of aryl methyl sites for hydroxylation is 1. The lowest BCUT2D eigenvalue weighted by Gasteiger charge is -2.17. The SMILES string of the molecule is Nc1nc(Cc2ccccc2F)nc2c1CCCC2. The summed E-state index contributed by atoms with van der Waals surface area (Å²) < 4.78 is 13.6. The lowest BCUT2D eigenvalue weighted by Crippen LogP contribution is -2.13. The van der Waals surface area contributed by atoms with Crippen LogP contribution in [0.4, 0.5) is 10.2 Å². The van der Waals surface area contributed by atoms with E-state index in [2.05, 4.69) is 9.97 Å². The van der Waals surface area contributed by atoms with Crippen molar-refractivity contribution in [3.8, 4) is 0 Å². The molecule has 0 bridgehead atoms. The van der Waals surface area contributed by atoms with Crippen LogP contribution in [0.25, 0.3) is 0 Å². The Kier molecular flexibility index (Phi) is 3.15. The molecule has 1 aromatic carbocycles. The van der Waals surface area contributed by atoms with Crippen molar-refractivity contribution < 1.29 is 4.39 Å². The van der Waals surface area contributed by atoms with Gasteiger partial charge in [-0.2, -0.15) is 0 Å². The first-order chi connectivity index (χ1) is 9.24. The predicted molar refractivity (Wildman–Crippen MR) is 72.3 cm³/mol. The van der Waals surface area contributed by atoms with Gasteiger partial charge in [-0.05, 0) is 37.3 Å². The van der Waals surface area contributed by atoms with Gasteiger partial charge < -0.3 is 5.73 Å². The smallest absolute Gasteiger partial charge is 0.135 e. The highest BCUT2D eigenvalue weighted by Crippen LogP contribution is 2.24. The number of nitrogens with zero attached hydrogens (tertiary/aromatic N) is 2. The second-order valence-electron chi connectivity index (χ2n) is 4.93. The molecule has 0 amide bonds. The molecule has 3 nitrogen and oxygen atoms in total. The first-order valence-corrected chi connectivity index (χ1v) is 6.61. The Morgan fingerprint density at radius 2 is 1.89 bits per heavy atom. The highest BCUT2D eigenvalue weighted by atomic mass is 19.1. The Hall–Kier alpha value is -1.97. The van der Waals surface area contributed by atoms with Crippen molar-refractivity contribution in [1.29, 1.82) is 0 Å². The first kappa shape index (κ1) is 12.1. The molecule has 1 aromatic heterocycles. The van der Waals surface area contributed by atoms with Gasteiger partial charge in [0.25, 0.3) is 0 Å². The molecule has 0 radical (unpaired) electrons. The molecule has 19 heavy (non-hydrogen) atoms. The highest BCUT2D eigenvalue weighted by molar-refractivity contribution is 5.44. The van der Waals surface area contributed by atoms with E-state index in [1.54, 1.807) is 12.1 Å². The molecule has 1 heterocycles. The molecule has 2 aromatic rings. The molecule has 1 aliphatic rings.